The van der Waals surface area contributed by atoms with Crippen LogP contribution in [0.2, 0.25) is 0 Å². The van der Waals surface area contributed by atoms with Crippen molar-refractivity contribution in [3.05, 3.63) is 29.8 Å². The van der Waals surface area contributed by atoms with Crippen LogP contribution in [-0.4, -0.2) is 23.5 Å². The number of aliphatic carboxylic acids is 1. The summed E-state index contributed by atoms with van der Waals surface area (Å²) < 4.78 is 0. The maximum Gasteiger partial charge on any atom is 0.305 e. The summed E-state index contributed by atoms with van der Waals surface area (Å²) in [7, 11) is 0. The molecule has 0 radical (unpaired) electrons. The van der Waals surface area contributed by atoms with Gasteiger partial charge >= 0.3 is 5.97 Å². The van der Waals surface area contributed by atoms with Crippen LogP contribution in [0.1, 0.15) is 38.7 Å². The summed E-state index contributed by atoms with van der Waals surface area (Å²) in [5.41, 5.74) is 1.88. The minimum Gasteiger partial charge on any atom is -0.481 e. The number of aryl methyl sites for hydroxylation is 1. The second-order valence-electron chi connectivity index (χ2n) is 5.16. The van der Waals surface area contributed by atoms with Crippen LogP contribution in [0.25, 0.3) is 0 Å². The number of hydrogen-bond acceptors (Lipinski definition) is 2. The van der Waals surface area contributed by atoms with Gasteiger partial charge in [0, 0.05) is 18.2 Å². The summed E-state index contributed by atoms with van der Waals surface area (Å²) in [6.45, 7) is 6.13. The van der Waals surface area contributed by atoms with Crippen LogP contribution in [-0.2, 0) is 9.59 Å². The van der Waals surface area contributed by atoms with Crippen LogP contribution in [0, 0.1) is 12.8 Å². The van der Waals surface area contributed by atoms with Crippen LogP contribution in [0.4, 0.5) is 5.69 Å². The van der Waals surface area contributed by atoms with E-state index < -0.39 is 5.97 Å². The Kier molecular flexibility index (Phi) is 6.22. The van der Waals surface area contributed by atoms with E-state index in [0.717, 1.165) is 24.1 Å². The molecule has 1 aromatic rings. The molecule has 1 atom stereocenters. The minimum absolute atomic E-state index is 0.00282. The molecule has 1 aromatic carbocycles. The summed E-state index contributed by atoms with van der Waals surface area (Å²) in [6, 6.07) is 7.60. The number of carboxylic acid groups (broad SMARTS) is 1. The lowest BCUT2D eigenvalue weighted by Gasteiger charge is -2.25. The van der Waals surface area contributed by atoms with E-state index in [1.165, 1.54) is 0 Å². The van der Waals surface area contributed by atoms with E-state index in [-0.39, 0.29) is 24.8 Å². The molecule has 1 N–H and O–H groups in total. The number of carbonyl (C=O) groups is 2. The molecular weight excluding hydrogens is 254 g/mol. The number of amides is 1. The Morgan fingerprint density at radius 3 is 2.35 bits per heavy atom. The highest BCUT2D eigenvalue weighted by atomic mass is 16.4. The molecule has 20 heavy (non-hydrogen) atoms. The molecule has 0 saturated heterocycles. The van der Waals surface area contributed by atoms with Crippen LogP contribution in [0.3, 0.4) is 0 Å². The fourth-order valence-corrected chi connectivity index (χ4v) is 2.12. The number of nitrogens with zero attached hydrogens (tertiary/aromatic N) is 1. The average molecular weight is 277 g/mol. The number of hydrogen-bond donors (Lipinski definition) is 1. The first kappa shape index (κ1) is 16.2. The first-order chi connectivity index (χ1) is 9.45. The lowest BCUT2D eigenvalue weighted by molar-refractivity contribution is -0.136. The second kappa shape index (κ2) is 7.68. The van der Waals surface area contributed by atoms with Gasteiger partial charge in [-0.05, 0) is 25.5 Å². The lowest BCUT2D eigenvalue weighted by Crippen LogP contribution is -2.36. The molecule has 4 nitrogen and oxygen atoms in total. The van der Waals surface area contributed by atoms with Crippen LogP contribution in [0.15, 0.2) is 24.3 Å². The second-order valence-corrected chi connectivity index (χ2v) is 5.16. The molecule has 0 aliphatic carbocycles. The van der Waals surface area contributed by atoms with Gasteiger partial charge in [-0.25, -0.2) is 0 Å². The number of anilines is 1. The third-order valence-electron chi connectivity index (χ3n) is 3.30. The molecule has 1 unspecified atom stereocenters. The van der Waals surface area contributed by atoms with E-state index >= 15 is 0 Å². The van der Waals surface area contributed by atoms with Gasteiger partial charge in [0.25, 0.3) is 0 Å². The van der Waals surface area contributed by atoms with Gasteiger partial charge in [0.1, 0.15) is 0 Å². The summed E-state index contributed by atoms with van der Waals surface area (Å²) in [6.07, 6.45) is 1.71. The zero-order chi connectivity index (χ0) is 15.1. The first-order valence-electron chi connectivity index (χ1n) is 7.05. The maximum absolute atomic E-state index is 12.5. The molecular formula is C16H23NO3. The quantitative estimate of drug-likeness (QED) is 0.832. The number of carbonyl (C=O) groups excluding carboxylic acids is 1. The van der Waals surface area contributed by atoms with Gasteiger partial charge in [0.15, 0.2) is 0 Å². The monoisotopic (exact) mass is 277 g/mol. The molecule has 0 aromatic heterocycles. The number of benzene rings is 1. The molecule has 0 aliphatic rings. The van der Waals surface area contributed by atoms with Gasteiger partial charge in [-0.3, -0.25) is 9.59 Å². The maximum atomic E-state index is 12.5. The normalized spacial score (nSPS) is 11.9. The van der Waals surface area contributed by atoms with Crippen LogP contribution in [0.5, 0.6) is 0 Å². The predicted molar refractivity (Wildman–Crippen MR) is 79.9 cm³/mol. The Labute approximate surface area is 120 Å². The Morgan fingerprint density at radius 1 is 1.25 bits per heavy atom. The van der Waals surface area contributed by atoms with Crippen molar-refractivity contribution in [3.63, 3.8) is 0 Å². The average Bonchev–Trinajstić information content (AvgIpc) is 2.40. The summed E-state index contributed by atoms with van der Waals surface area (Å²) in [4.78, 5) is 24.8. The van der Waals surface area contributed by atoms with Crippen molar-refractivity contribution in [3.8, 4) is 0 Å². The summed E-state index contributed by atoms with van der Waals surface area (Å²) >= 11 is 0. The fraction of sp³-hybridized carbons (Fsp3) is 0.500. The van der Waals surface area contributed by atoms with E-state index in [2.05, 4.69) is 0 Å². The summed E-state index contributed by atoms with van der Waals surface area (Å²) in [5.74, 6) is -0.981. The Hall–Kier alpha value is -1.84. The molecule has 1 amide bonds. The zero-order valence-corrected chi connectivity index (χ0v) is 12.4. The molecule has 0 saturated carbocycles. The van der Waals surface area contributed by atoms with Gasteiger partial charge in [-0.1, -0.05) is 38.0 Å². The van der Waals surface area contributed by atoms with E-state index in [9.17, 15) is 9.59 Å². The fourth-order valence-electron chi connectivity index (χ4n) is 2.12. The van der Waals surface area contributed by atoms with Gasteiger partial charge in [0.2, 0.25) is 5.91 Å². The molecule has 110 valence electrons. The smallest absolute Gasteiger partial charge is 0.305 e. The topological polar surface area (TPSA) is 57.6 Å². The Balaban J connectivity index is 2.92. The van der Waals surface area contributed by atoms with Gasteiger partial charge in [-0.15, -0.1) is 0 Å². The van der Waals surface area contributed by atoms with E-state index in [4.69, 9.17) is 5.11 Å². The van der Waals surface area contributed by atoms with Crippen LogP contribution < -0.4 is 4.90 Å². The highest BCUT2D eigenvalue weighted by Gasteiger charge is 2.21. The van der Waals surface area contributed by atoms with Crippen LogP contribution >= 0.6 is 0 Å². The largest absolute Gasteiger partial charge is 0.481 e. The minimum atomic E-state index is -0.891. The molecule has 0 bridgehead atoms. The molecule has 4 heteroatoms. The van der Waals surface area contributed by atoms with Crippen molar-refractivity contribution < 1.29 is 14.7 Å². The van der Waals surface area contributed by atoms with Gasteiger partial charge in [-0.2, -0.15) is 0 Å². The van der Waals surface area contributed by atoms with Gasteiger partial charge in [0.05, 0.1) is 6.42 Å². The highest BCUT2D eigenvalue weighted by Crippen LogP contribution is 2.20. The number of carboxylic acids is 1. The Morgan fingerprint density at radius 2 is 1.85 bits per heavy atom. The SMILES string of the molecule is CCCC(C)C(=O)N(CCC(=O)O)c1ccc(C)cc1. The third kappa shape index (κ3) is 4.68. The van der Waals surface area contributed by atoms with E-state index in [1.54, 1.807) is 4.90 Å². The third-order valence-corrected chi connectivity index (χ3v) is 3.30. The van der Waals surface area contributed by atoms with E-state index in [0.29, 0.717) is 0 Å². The van der Waals surface area contributed by atoms with Crippen molar-refractivity contribution >= 4 is 17.6 Å². The standard InChI is InChI=1S/C16H23NO3/c1-4-5-13(3)16(20)17(11-10-15(18)19)14-8-6-12(2)7-9-14/h6-9,13H,4-5,10-11H2,1-3H3,(H,18,19). The van der Waals surface area contributed by atoms with Crippen molar-refractivity contribution in [1.82, 2.24) is 0 Å². The number of rotatable bonds is 7. The molecule has 0 heterocycles. The van der Waals surface area contributed by atoms with Gasteiger partial charge < -0.3 is 10.0 Å². The lowest BCUT2D eigenvalue weighted by atomic mass is 10.0. The zero-order valence-electron chi connectivity index (χ0n) is 12.4. The molecule has 0 aliphatic heterocycles. The first-order valence-corrected chi connectivity index (χ1v) is 7.05. The van der Waals surface area contributed by atoms with Crippen molar-refractivity contribution in [2.24, 2.45) is 5.92 Å². The van der Waals surface area contributed by atoms with Crippen molar-refractivity contribution in [2.45, 2.75) is 40.0 Å². The molecule has 1 rings (SSSR count). The predicted octanol–water partition coefficient (Wildman–Crippen LogP) is 3.24. The Bertz CT molecular complexity index is 453. The highest BCUT2D eigenvalue weighted by molar-refractivity contribution is 5.95. The van der Waals surface area contributed by atoms with Crippen molar-refractivity contribution in [1.29, 1.82) is 0 Å². The van der Waals surface area contributed by atoms with E-state index in [1.807, 2.05) is 45.0 Å². The molecule has 0 spiro atoms. The van der Waals surface area contributed by atoms with Crippen molar-refractivity contribution in [2.75, 3.05) is 11.4 Å². The summed E-state index contributed by atoms with van der Waals surface area (Å²) in [5, 5.41) is 8.84. The molecule has 0 fully saturated rings.